The number of hydrogen-bond donors (Lipinski definition) is 1. The predicted molar refractivity (Wildman–Crippen MR) is 65.5 cm³/mol. The van der Waals surface area contributed by atoms with Gasteiger partial charge in [0.15, 0.2) is 0 Å². The molecule has 2 aliphatic heterocycles. The van der Waals surface area contributed by atoms with Crippen molar-refractivity contribution in [3.8, 4) is 0 Å². The average molecular weight is 255 g/mol. The van der Waals surface area contributed by atoms with Crippen molar-refractivity contribution in [2.24, 2.45) is 0 Å². The van der Waals surface area contributed by atoms with Crippen LogP contribution in [0.5, 0.6) is 0 Å². The van der Waals surface area contributed by atoms with Crippen molar-refractivity contribution in [1.82, 2.24) is 9.36 Å². The SMILES string of the molecule is COCCNc1nc(C2CC3CCC2O3)ns1. The molecular formula is C11H17N3O2S. The second kappa shape index (κ2) is 4.88. The van der Waals surface area contributed by atoms with Crippen LogP contribution in [0, 0.1) is 0 Å². The molecule has 2 fully saturated rings. The zero-order valence-electron chi connectivity index (χ0n) is 9.89. The molecule has 0 spiro atoms. The zero-order chi connectivity index (χ0) is 11.7. The number of methoxy groups -OCH3 is 1. The average Bonchev–Trinajstić information content (AvgIpc) is 3.04. The van der Waals surface area contributed by atoms with Crippen LogP contribution in [0.4, 0.5) is 5.13 Å². The predicted octanol–water partition coefficient (Wildman–Crippen LogP) is 1.63. The molecule has 3 heterocycles. The summed E-state index contributed by atoms with van der Waals surface area (Å²) in [6.45, 7) is 1.46. The molecule has 1 N–H and O–H groups in total. The first kappa shape index (κ1) is 11.4. The molecule has 0 saturated carbocycles. The maximum Gasteiger partial charge on any atom is 0.202 e. The van der Waals surface area contributed by atoms with Crippen molar-refractivity contribution < 1.29 is 9.47 Å². The zero-order valence-corrected chi connectivity index (χ0v) is 10.7. The van der Waals surface area contributed by atoms with Crippen LogP contribution in [-0.4, -0.2) is 41.8 Å². The Balaban J connectivity index is 1.60. The Hall–Kier alpha value is -0.720. The molecule has 3 atom stereocenters. The van der Waals surface area contributed by atoms with Gasteiger partial charge in [-0.25, -0.2) is 4.98 Å². The van der Waals surface area contributed by atoms with Gasteiger partial charge in [-0.1, -0.05) is 0 Å². The third-order valence-corrected chi connectivity index (χ3v) is 4.15. The first-order valence-corrected chi connectivity index (χ1v) is 6.86. The highest BCUT2D eigenvalue weighted by molar-refractivity contribution is 7.09. The fourth-order valence-electron chi connectivity index (χ4n) is 2.63. The van der Waals surface area contributed by atoms with Crippen LogP contribution in [0.25, 0.3) is 0 Å². The van der Waals surface area contributed by atoms with Gasteiger partial charge in [0.2, 0.25) is 5.13 Å². The van der Waals surface area contributed by atoms with Crippen LogP contribution >= 0.6 is 11.5 Å². The summed E-state index contributed by atoms with van der Waals surface area (Å²) < 4.78 is 15.3. The Labute approximate surface area is 105 Å². The Morgan fingerprint density at radius 2 is 2.47 bits per heavy atom. The highest BCUT2D eigenvalue weighted by Gasteiger charge is 2.43. The normalized spacial score (nSPS) is 31.0. The van der Waals surface area contributed by atoms with E-state index in [0.717, 1.165) is 23.9 Å². The van der Waals surface area contributed by atoms with Gasteiger partial charge < -0.3 is 14.8 Å². The molecule has 1 aromatic rings. The smallest absolute Gasteiger partial charge is 0.202 e. The van der Waals surface area contributed by atoms with Gasteiger partial charge >= 0.3 is 0 Å². The fourth-order valence-corrected chi connectivity index (χ4v) is 3.28. The van der Waals surface area contributed by atoms with Gasteiger partial charge in [0.05, 0.1) is 18.8 Å². The summed E-state index contributed by atoms with van der Waals surface area (Å²) in [5.74, 6) is 1.38. The van der Waals surface area contributed by atoms with E-state index in [2.05, 4.69) is 14.7 Å². The molecule has 3 unspecified atom stereocenters. The molecule has 17 heavy (non-hydrogen) atoms. The lowest BCUT2D eigenvalue weighted by atomic mass is 9.89. The molecule has 0 amide bonds. The Morgan fingerprint density at radius 1 is 1.53 bits per heavy atom. The van der Waals surface area contributed by atoms with Crippen LogP contribution in [0.1, 0.15) is 31.0 Å². The quantitative estimate of drug-likeness (QED) is 0.810. The minimum Gasteiger partial charge on any atom is -0.383 e. The van der Waals surface area contributed by atoms with Crippen molar-refractivity contribution in [2.45, 2.75) is 37.4 Å². The lowest BCUT2D eigenvalue weighted by Crippen LogP contribution is -2.15. The summed E-state index contributed by atoms with van der Waals surface area (Å²) in [4.78, 5) is 4.54. The van der Waals surface area contributed by atoms with Crippen LogP contribution in [0.3, 0.4) is 0 Å². The minimum absolute atomic E-state index is 0.362. The van der Waals surface area contributed by atoms with E-state index >= 15 is 0 Å². The second-order valence-corrected chi connectivity index (χ2v) is 5.35. The van der Waals surface area contributed by atoms with Crippen molar-refractivity contribution in [3.63, 3.8) is 0 Å². The first-order chi connectivity index (χ1) is 8.36. The molecule has 2 bridgehead atoms. The van der Waals surface area contributed by atoms with Crippen molar-refractivity contribution in [2.75, 3.05) is 25.6 Å². The third-order valence-electron chi connectivity index (χ3n) is 3.46. The monoisotopic (exact) mass is 255 g/mol. The van der Waals surface area contributed by atoms with E-state index in [4.69, 9.17) is 9.47 Å². The molecule has 3 rings (SSSR count). The lowest BCUT2D eigenvalue weighted by molar-refractivity contribution is 0.1000. The summed E-state index contributed by atoms with van der Waals surface area (Å²) in [5.41, 5.74) is 0. The number of anilines is 1. The van der Waals surface area contributed by atoms with E-state index in [9.17, 15) is 0 Å². The Bertz CT molecular complexity index is 385. The van der Waals surface area contributed by atoms with Gasteiger partial charge in [-0.05, 0) is 19.3 Å². The van der Waals surface area contributed by atoms with Gasteiger partial charge in [0, 0.05) is 31.1 Å². The van der Waals surface area contributed by atoms with E-state index in [1.165, 1.54) is 24.4 Å². The molecular weight excluding hydrogens is 238 g/mol. The van der Waals surface area contributed by atoms with Gasteiger partial charge in [-0.3, -0.25) is 0 Å². The van der Waals surface area contributed by atoms with Crippen LogP contribution < -0.4 is 5.32 Å². The van der Waals surface area contributed by atoms with E-state index in [1.54, 1.807) is 7.11 Å². The molecule has 2 saturated heterocycles. The highest BCUT2D eigenvalue weighted by atomic mass is 32.1. The number of nitrogens with one attached hydrogen (secondary N) is 1. The molecule has 6 heteroatoms. The summed E-state index contributed by atoms with van der Waals surface area (Å²) in [7, 11) is 1.69. The van der Waals surface area contributed by atoms with Crippen molar-refractivity contribution in [1.29, 1.82) is 0 Å². The summed E-state index contributed by atoms with van der Waals surface area (Å²) in [6, 6.07) is 0. The molecule has 0 radical (unpaired) electrons. The lowest BCUT2D eigenvalue weighted by Gasteiger charge is -2.14. The van der Waals surface area contributed by atoms with Crippen molar-refractivity contribution >= 4 is 16.7 Å². The maximum absolute atomic E-state index is 5.83. The van der Waals surface area contributed by atoms with E-state index in [-0.39, 0.29) is 0 Å². The van der Waals surface area contributed by atoms with E-state index in [0.29, 0.717) is 24.7 Å². The first-order valence-electron chi connectivity index (χ1n) is 6.08. The Kier molecular flexibility index (Phi) is 3.26. The summed E-state index contributed by atoms with van der Waals surface area (Å²) in [5, 5.41) is 4.10. The fraction of sp³-hybridized carbons (Fsp3) is 0.818. The maximum atomic E-state index is 5.83. The van der Waals surface area contributed by atoms with Gasteiger partial charge in [0.25, 0.3) is 0 Å². The molecule has 5 nitrogen and oxygen atoms in total. The number of nitrogens with zero attached hydrogens (tertiary/aromatic N) is 2. The highest BCUT2D eigenvalue weighted by Crippen LogP contribution is 2.43. The number of hydrogen-bond acceptors (Lipinski definition) is 6. The van der Waals surface area contributed by atoms with Crippen LogP contribution in [-0.2, 0) is 9.47 Å². The van der Waals surface area contributed by atoms with E-state index < -0.39 is 0 Å². The van der Waals surface area contributed by atoms with E-state index in [1.807, 2.05) is 0 Å². The minimum atomic E-state index is 0.362. The van der Waals surface area contributed by atoms with Gasteiger partial charge in [-0.15, -0.1) is 0 Å². The van der Waals surface area contributed by atoms with Crippen molar-refractivity contribution in [3.05, 3.63) is 5.82 Å². The Morgan fingerprint density at radius 3 is 3.18 bits per heavy atom. The number of fused-ring (bicyclic) bond motifs is 2. The number of ether oxygens (including phenoxy) is 2. The standard InChI is InChI=1S/C11H17N3O2S/c1-15-5-4-12-11-13-10(14-17-11)8-6-7-2-3-9(8)16-7/h7-9H,2-6H2,1H3,(H,12,13,14). The summed E-state index contributed by atoms with van der Waals surface area (Å²) in [6.07, 6.45) is 4.30. The number of aromatic nitrogens is 2. The topological polar surface area (TPSA) is 56.3 Å². The van der Waals surface area contributed by atoms with Crippen LogP contribution in [0.15, 0.2) is 0 Å². The third kappa shape index (κ3) is 2.29. The molecule has 2 aliphatic rings. The second-order valence-electron chi connectivity index (χ2n) is 4.59. The van der Waals surface area contributed by atoms with Gasteiger partial charge in [0.1, 0.15) is 5.82 Å². The van der Waals surface area contributed by atoms with Crippen LogP contribution in [0.2, 0.25) is 0 Å². The molecule has 94 valence electrons. The largest absolute Gasteiger partial charge is 0.383 e. The number of rotatable bonds is 5. The summed E-state index contributed by atoms with van der Waals surface area (Å²) >= 11 is 1.43. The molecule has 1 aromatic heterocycles. The van der Waals surface area contributed by atoms with Gasteiger partial charge in [-0.2, -0.15) is 4.37 Å². The molecule has 0 aliphatic carbocycles. The molecule has 0 aromatic carbocycles.